The van der Waals surface area contributed by atoms with Crippen molar-refractivity contribution in [3.63, 3.8) is 0 Å². The lowest BCUT2D eigenvalue weighted by Crippen LogP contribution is -2.21. The molecule has 3 rings (SSSR count). The zero-order valence-corrected chi connectivity index (χ0v) is 10.2. The third-order valence-corrected chi connectivity index (χ3v) is 3.95. The summed E-state index contributed by atoms with van der Waals surface area (Å²) in [6.45, 7) is 2.15. The van der Waals surface area contributed by atoms with Crippen LogP contribution in [0.2, 0.25) is 0 Å². The van der Waals surface area contributed by atoms with Gasteiger partial charge < -0.3 is 10.3 Å². The van der Waals surface area contributed by atoms with Crippen molar-refractivity contribution in [3.8, 4) is 0 Å². The zero-order chi connectivity index (χ0) is 11.5. The first kappa shape index (κ1) is 10.8. The van der Waals surface area contributed by atoms with Gasteiger partial charge in [0.05, 0.1) is 0 Å². The van der Waals surface area contributed by atoms with Gasteiger partial charge in [0.1, 0.15) is 0 Å². The first-order valence-electron chi connectivity index (χ1n) is 6.69. The molecule has 90 valence electrons. The Bertz CT molecular complexity index is 482. The summed E-state index contributed by atoms with van der Waals surface area (Å²) < 4.78 is 0. The molecule has 2 aromatic rings. The first-order valence-corrected chi connectivity index (χ1v) is 6.69. The molecule has 2 nitrogen and oxygen atoms in total. The van der Waals surface area contributed by atoms with E-state index in [-0.39, 0.29) is 0 Å². The minimum atomic E-state index is 0.988. The molecule has 2 heteroatoms. The number of aromatic nitrogens is 1. The van der Waals surface area contributed by atoms with E-state index in [4.69, 9.17) is 0 Å². The summed E-state index contributed by atoms with van der Waals surface area (Å²) >= 11 is 0. The summed E-state index contributed by atoms with van der Waals surface area (Å²) in [6, 6.07) is 8.64. The number of rotatable bonds is 5. The summed E-state index contributed by atoms with van der Waals surface area (Å²) in [5, 5.41) is 4.92. The van der Waals surface area contributed by atoms with Gasteiger partial charge in [-0.05, 0) is 36.6 Å². The Morgan fingerprint density at radius 1 is 1.24 bits per heavy atom. The van der Waals surface area contributed by atoms with E-state index in [1.807, 2.05) is 6.20 Å². The molecule has 17 heavy (non-hydrogen) atoms. The summed E-state index contributed by atoms with van der Waals surface area (Å²) in [6.07, 6.45) is 7.73. The first-order chi connectivity index (χ1) is 8.43. The highest BCUT2D eigenvalue weighted by atomic mass is 14.8. The number of H-pyrrole nitrogens is 1. The van der Waals surface area contributed by atoms with E-state index in [0.717, 1.165) is 19.0 Å². The van der Waals surface area contributed by atoms with E-state index >= 15 is 0 Å². The van der Waals surface area contributed by atoms with Crippen LogP contribution in [-0.4, -0.2) is 11.5 Å². The fraction of sp³-hybridized carbons (Fsp3) is 0.467. The SMILES string of the molecule is c1cc(CNCCC2CCC2)c2cc[nH]c2c1. The monoisotopic (exact) mass is 228 g/mol. The van der Waals surface area contributed by atoms with Crippen molar-refractivity contribution in [2.45, 2.75) is 32.2 Å². The normalized spacial score (nSPS) is 16.2. The standard InChI is InChI=1S/C15H20N2/c1-3-12(4-1)7-9-16-11-13-5-2-6-15-14(13)8-10-17-15/h2,5-6,8,10,12,16-17H,1,3-4,7,9,11H2. The molecule has 1 aromatic carbocycles. The third kappa shape index (κ3) is 2.37. The minimum Gasteiger partial charge on any atom is -0.361 e. The molecule has 0 saturated heterocycles. The molecular formula is C15H20N2. The molecule has 1 heterocycles. The third-order valence-electron chi connectivity index (χ3n) is 3.95. The molecule has 0 spiro atoms. The van der Waals surface area contributed by atoms with E-state index in [1.54, 1.807) is 0 Å². The Morgan fingerprint density at radius 2 is 2.18 bits per heavy atom. The second kappa shape index (κ2) is 4.92. The van der Waals surface area contributed by atoms with Crippen molar-refractivity contribution in [2.75, 3.05) is 6.54 Å². The van der Waals surface area contributed by atoms with E-state index in [0.29, 0.717) is 0 Å². The van der Waals surface area contributed by atoms with Crippen LogP contribution in [0.3, 0.4) is 0 Å². The zero-order valence-electron chi connectivity index (χ0n) is 10.2. The van der Waals surface area contributed by atoms with Crippen molar-refractivity contribution in [2.24, 2.45) is 5.92 Å². The van der Waals surface area contributed by atoms with Crippen molar-refractivity contribution < 1.29 is 0 Å². The van der Waals surface area contributed by atoms with Gasteiger partial charge in [-0.3, -0.25) is 0 Å². The number of benzene rings is 1. The van der Waals surface area contributed by atoms with Crippen LogP contribution < -0.4 is 5.32 Å². The average Bonchev–Trinajstić information content (AvgIpc) is 2.75. The Balaban J connectivity index is 1.55. The van der Waals surface area contributed by atoms with Gasteiger partial charge in [-0.1, -0.05) is 31.4 Å². The molecule has 2 N–H and O–H groups in total. The van der Waals surface area contributed by atoms with Crippen LogP contribution in [-0.2, 0) is 6.54 Å². The van der Waals surface area contributed by atoms with E-state index in [9.17, 15) is 0 Å². The maximum Gasteiger partial charge on any atom is 0.0457 e. The van der Waals surface area contributed by atoms with Gasteiger partial charge in [0.2, 0.25) is 0 Å². The highest BCUT2D eigenvalue weighted by Crippen LogP contribution is 2.28. The van der Waals surface area contributed by atoms with Crippen LogP contribution >= 0.6 is 0 Å². The molecule has 0 bridgehead atoms. The van der Waals surface area contributed by atoms with Crippen molar-refractivity contribution in [1.82, 2.24) is 10.3 Å². The molecule has 1 aromatic heterocycles. The lowest BCUT2D eigenvalue weighted by Gasteiger charge is -2.25. The summed E-state index contributed by atoms with van der Waals surface area (Å²) in [4.78, 5) is 3.26. The fourth-order valence-corrected chi connectivity index (χ4v) is 2.62. The minimum absolute atomic E-state index is 0.988. The van der Waals surface area contributed by atoms with Crippen LogP contribution in [0.5, 0.6) is 0 Å². The van der Waals surface area contributed by atoms with Crippen molar-refractivity contribution in [3.05, 3.63) is 36.0 Å². The Hall–Kier alpha value is -1.28. The summed E-state index contributed by atoms with van der Waals surface area (Å²) in [7, 11) is 0. The molecule has 0 amide bonds. The van der Waals surface area contributed by atoms with Gasteiger partial charge >= 0.3 is 0 Å². The lowest BCUT2D eigenvalue weighted by molar-refractivity contribution is 0.292. The van der Waals surface area contributed by atoms with Gasteiger partial charge in [-0.2, -0.15) is 0 Å². The van der Waals surface area contributed by atoms with Gasteiger partial charge in [0.15, 0.2) is 0 Å². The van der Waals surface area contributed by atoms with Gasteiger partial charge in [-0.25, -0.2) is 0 Å². The van der Waals surface area contributed by atoms with E-state index in [1.165, 1.54) is 42.1 Å². The Morgan fingerprint density at radius 3 is 3.00 bits per heavy atom. The fourth-order valence-electron chi connectivity index (χ4n) is 2.62. The molecule has 0 atom stereocenters. The molecule has 1 fully saturated rings. The highest BCUT2D eigenvalue weighted by molar-refractivity contribution is 5.82. The Labute approximate surface area is 102 Å². The van der Waals surface area contributed by atoms with Gasteiger partial charge in [0, 0.05) is 23.6 Å². The largest absolute Gasteiger partial charge is 0.361 e. The molecular weight excluding hydrogens is 208 g/mol. The summed E-state index contributed by atoms with van der Waals surface area (Å²) in [5.41, 5.74) is 2.64. The van der Waals surface area contributed by atoms with Crippen LogP contribution in [0.15, 0.2) is 30.5 Å². The van der Waals surface area contributed by atoms with E-state index in [2.05, 4.69) is 34.6 Å². The number of nitrogens with one attached hydrogen (secondary N) is 2. The van der Waals surface area contributed by atoms with Gasteiger partial charge in [0.25, 0.3) is 0 Å². The van der Waals surface area contributed by atoms with Crippen LogP contribution in [0, 0.1) is 5.92 Å². The highest BCUT2D eigenvalue weighted by Gasteiger charge is 2.16. The molecule has 1 aliphatic carbocycles. The number of hydrogen-bond donors (Lipinski definition) is 2. The lowest BCUT2D eigenvalue weighted by atomic mass is 9.83. The van der Waals surface area contributed by atoms with Crippen molar-refractivity contribution in [1.29, 1.82) is 0 Å². The van der Waals surface area contributed by atoms with Crippen LogP contribution in [0.4, 0.5) is 0 Å². The average molecular weight is 228 g/mol. The second-order valence-electron chi connectivity index (χ2n) is 5.12. The molecule has 1 saturated carbocycles. The van der Waals surface area contributed by atoms with Crippen LogP contribution in [0.1, 0.15) is 31.2 Å². The van der Waals surface area contributed by atoms with Gasteiger partial charge in [-0.15, -0.1) is 0 Å². The van der Waals surface area contributed by atoms with Crippen molar-refractivity contribution >= 4 is 10.9 Å². The second-order valence-corrected chi connectivity index (χ2v) is 5.12. The predicted molar refractivity (Wildman–Crippen MR) is 72.0 cm³/mol. The molecule has 0 unspecified atom stereocenters. The number of fused-ring (bicyclic) bond motifs is 1. The predicted octanol–water partition coefficient (Wildman–Crippen LogP) is 3.45. The smallest absolute Gasteiger partial charge is 0.0457 e. The maximum absolute atomic E-state index is 3.57. The van der Waals surface area contributed by atoms with Crippen LogP contribution in [0.25, 0.3) is 10.9 Å². The topological polar surface area (TPSA) is 27.8 Å². The quantitative estimate of drug-likeness (QED) is 0.754. The number of hydrogen-bond acceptors (Lipinski definition) is 1. The molecule has 0 radical (unpaired) electrons. The number of aromatic amines is 1. The summed E-state index contributed by atoms with van der Waals surface area (Å²) in [5.74, 6) is 1.01. The Kier molecular flexibility index (Phi) is 3.14. The van der Waals surface area contributed by atoms with E-state index < -0.39 is 0 Å². The maximum atomic E-state index is 3.57. The molecule has 0 aliphatic heterocycles. The molecule has 1 aliphatic rings.